The van der Waals surface area contributed by atoms with Crippen LogP contribution < -0.4 is 5.06 Å². The van der Waals surface area contributed by atoms with Gasteiger partial charge in [0.05, 0.1) is 31.0 Å². The van der Waals surface area contributed by atoms with Crippen LogP contribution in [0.15, 0.2) is 72.8 Å². The lowest BCUT2D eigenvalue weighted by Crippen LogP contribution is -2.24. The maximum absolute atomic E-state index is 6.77. The molecule has 4 rings (SSSR count). The van der Waals surface area contributed by atoms with Crippen molar-refractivity contribution >= 4 is 5.69 Å². The predicted molar refractivity (Wildman–Crippen MR) is 152 cm³/mol. The molecule has 2 aromatic rings. The van der Waals surface area contributed by atoms with Crippen molar-refractivity contribution in [1.29, 1.82) is 0 Å². The first kappa shape index (κ1) is 27.9. The third-order valence-corrected chi connectivity index (χ3v) is 7.60. The second kappa shape index (κ2) is 16.0. The van der Waals surface area contributed by atoms with E-state index in [0.29, 0.717) is 5.92 Å². The summed E-state index contributed by atoms with van der Waals surface area (Å²) >= 11 is 0. The fourth-order valence-electron chi connectivity index (χ4n) is 5.58. The Kier molecular flexibility index (Phi) is 12.0. The SMILES string of the molecule is CCCCCC/C=C\[C@H]1[C@@H](c2ccccc2)N(c2ccccc2)O[C@@H]1CCCCCCC1OCCCO1. The Morgan fingerprint density at radius 1 is 0.784 bits per heavy atom. The molecule has 37 heavy (non-hydrogen) atoms. The largest absolute Gasteiger partial charge is 0.353 e. The van der Waals surface area contributed by atoms with Crippen LogP contribution in [0.4, 0.5) is 5.69 Å². The number of unbranched alkanes of at least 4 members (excludes halogenated alkanes) is 7. The Labute approximate surface area is 225 Å². The van der Waals surface area contributed by atoms with Gasteiger partial charge in [-0.1, -0.05) is 106 Å². The van der Waals surface area contributed by atoms with Gasteiger partial charge in [-0.25, -0.2) is 5.06 Å². The van der Waals surface area contributed by atoms with E-state index in [1.807, 2.05) is 0 Å². The third-order valence-electron chi connectivity index (χ3n) is 7.60. The maximum atomic E-state index is 6.77. The number of benzene rings is 2. The highest BCUT2D eigenvalue weighted by atomic mass is 16.7. The monoisotopic (exact) mass is 505 g/mol. The molecule has 2 aliphatic rings. The Bertz CT molecular complexity index is 881. The van der Waals surface area contributed by atoms with E-state index in [1.165, 1.54) is 56.9 Å². The minimum absolute atomic E-state index is 0.0184. The average molecular weight is 506 g/mol. The van der Waals surface area contributed by atoms with Crippen LogP contribution in [0.25, 0.3) is 0 Å². The highest BCUT2D eigenvalue weighted by molar-refractivity contribution is 5.48. The minimum atomic E-state index is 0.0184. The zero-order valence-electron chi connectivity index (χ0n) is 22.8. The summed E-state index contributed by atoms with van der Waals surface area (Å²) in [4.78, 5) is 6.77. The van der Waals surface area contributed by atoms with Crippen molar-refractivity contribution in [3.8, 4) is 0 Å². The van der Waals surface area contributed by atoms with Crippen LogP contribution in [0, 0.1) is 5.92 Å². The Morgan fingerprint density at radius 3 is 2.19 bits per heavy atom. The van der Waals surface area contributed by atoms with Crippen LogP contribution >= 0.6 is 0 Å². The van der Waals surface area contributed by atoms with Gasteiger partial charge in [-0.05, 0) is 56.2 Å². The van der Waals surface area contributed by atoms with Crippen LogP contribution in [-0.4, -0.2) is 25.6 Å². The average Bonchev–Trinajstić information content (AvgIpc) is 3.32. The lowest BCUT2D eigenvalue weighted by atomic mass is 9.86. The van der Waals surface area contributed by atoms with Gasteiger partial charge in [0.2, 0.25) is 0 Å². The van der Waals surface area contributed by atoms with E-state index < -0.39 is 0 Å². The maximum Gasteiger partial charge on any atom is 0.157 e. The van der Waals surface area contributed by atoms with Crippen molar-refractivity contribution in [3.63, 3.8) is 0 Å². The van der Waals surface area contributed by atoms with Gasteiger partial charge in [-0.3, -0.25) is 4.84 Å². The van der Waals surface area contributed by atoms with Gasteiger partial charge in [-0.15, -0.1) is 0 Å². The van der Waals surface area contributed by atoms with Crippen molar-refractivity contribution < 1.29 is 14.3 Å². The number of ether oxygens (including phenoxy) is 2. The molecule has 0 amide bonds. The van der Waals surface area contributed by atoms with Crippen LogP contribution in [0.2, 0.25) is 0 Å². The highest BCUT2D eigenvalue weighted by Crippen LogP contribution is 2.44. The van der Waals surface area contributed by atoms with Crippen LogP contribution in [0.1, 0.15) is 95.6 Å². The van der Waals surface area contributed by atoms with Crippen LogP contribution in [-0.2, 0) is 14.3 Å². The van der Waals surface area contributed by atoms with Crippen molar-refractivity contribution in [1.82, 2.24) is 0 Å². The molecular formula is C33H47NO3. The summed E-state index contributed by atoms with van der Waals surface area (Å²) in [6.45, 7) is 3.96. The lowest BCUT2D eigenvalue weighted by molar-refractivity contribution is -0.181. The van der Waals surface area contributed by atoms with Gasteiger partial charge in [-0.2, -0.15) is 0 Å². The van der Waals surface area contributed by atoms with Crippen LogP contribution in [0.3, 0.4) is 0 Å². The Balaban J connectivity index is 1.39. The normalized spacial score (nSPS) is 22.7. The molecule has 0 aliphatic carbocycles. The number of para-hydroxylation sites is 1. The van der Waals surface area contributed by atoms with E-state index in [9.17, 15) is 0 Å². The standard InChI is InChI=1S/C33H47NO3/c1-2-3-4-5-6-15-23-30-31(24-16-7-8-17-25-32-35-26-18-27-36-32)37-34(29-21-13-10-14-22-29)33(30)28-19-11-9-12-20-28/h9-15,19-23,30-33H,2-8,16-18,24-27H2,1H3/b23-15-/t30-,31-,33-/m1/s1. The number of hydrogen-bond donors (Lipinski definition) is 0. The molecule has 202 valence electrons. The molecule has 0 saturated carbocycles. The molecule has 2 heterocycles. The van der Waals surface area contributed by atoms with E-state index in [-0.39, 0.29) is 18.4 Å². The summed E-state index contributed by atoms with van der Waals surface area (Å²) in [5.41, 5.74) is 2.45. The van der Waals surface area contributed by atoms with Crippen molar-refractivity contribution in [2.75, 3.05) is 18.3 Å². The molecule has 2 aliphatic heterocycles. The summed E-state index contributed by atoms with van der Waals surface area (Å²) < 4.78 is 11.4. The number of anilines is 1. The van der Waals surface area contributed by atoms with Gasteiger partial charge in [0.15, 0.2) is 6.29 Å². The molecule has 2 aromatic carbocycles. The number of hydroxylamine groups is 1. The second-order valence-corrected chi connectivity index (χ2v) is 10.5. The van der Waals surface area contributed by atoms with Gasteiger partial charge < -0.3 is 9.47 Å². The quantitative estimate of drug-likeness (QED) is 0.179. The van der Waals surface area contributed by atoms with E-state index >= 15 is 0 Å². The molecule has 2 saturated heterocycles. The molecule has 0 unspecified atom stereocenters. The first-order valence-electron chi connectivity index (χ1n) is 14.8. The zero-order valence-corrected chi connectivity index (χ0v) is 22.8. The molecule has 0 N–H and O–H groups in total. The molecule has 0 bridgehead atoms. The fourth-order valence-corrected chi connectivity index (χ4v) is 5.58. The molecule has 0 radical (unpaired) electrons. The molecule has 4 heteroatoms. The Hall–Kier alpha value is -2.14. The van der Waals surface area contributed by atoms with Crippen molar-refractivity contribution in [2.24, 2.45) is 5.92 Å². The smallest absolute Gasteiger partial charge is 0.157 e. The molecule has 3 atom stereocenters. The zero-order chi connectivity index (χ0) is 25.5. The number of rotatable bonds is 15. The lowest BCUT2D eigenvalue weighted by Gasteiger charge is -2.26. The first-order chi connectivity index (χ1) is 18.4. The van der Waals surface area contributed by atoms with Gasteiger partial charge in [0.1, 0.15) is 0 Å². The minimum Gasteiger partial charge on any atom is -0.353 e. The van der Waals surface area contributed by atoms with E-state index in [4.69, 9.17) is 14.3 Å². The number of hydrogen-bond acceptors (Lipinski definition) is 4. The first-order valence-corrected chi connectivity index (χ1v) is 14.8. The summed E-state index contributed by atoms with van der Waals surface area (Å²) in [5.74, 6) is 0.331. The van der Waals surface area contributed by atoms with E-state index in [0.717, 1.165) is 44.6 Å². The van der Waals surface area contributed by atoms with E-state index in [2.05, 4.69) is 84.8 Å². The number of nitrogens with zero attached hydrogens (tertiary/aromatic N) is 1. The number of allylic oxidation sites excluding steroid dienone is 1. The second-order valence-electron chi connectivity index (χ2n) is 10.5. The summed E-state index contributed by atoms with van der Waals surface area (Å²) in [5, 5.41) is 2.18. The van der Waals surface area contributed by atoms with Gasteiger partial charge in [0.25, 0.3) is 0 Å². The van der Waals surface area contributed by atoms with Crippen LogP contribution in [0.5, 0.6) is 0 Å². The van der Waals surface area contributed by atoms with Gasteiger partial charge in [0, 0.05) is 5.92 Å². The third kappa shape index (κ3) is 8.70. The molecule has 0 aromatic heterocycles. The Morgan fingerprint density at radius 2 is 1.46 bits per heavy atom. The predicted octanol–water partition coefficient (Wildman–Crippen LogP) is 8.79. The van der Waals surface area contributed by atoms with Crippen molar-refractivity contribution in [2.45, 2.75) is 102 Å². The molecule has 4 nitrogen and oxygen atoms in total. The van der Waals surface area contributed by atoms with E-state index in [1.54, 1.807) is 0 Å². The molecular weight excluding hydrogens is 458 g/mol. The highest BCUT2D eigenvalue weighted by Gasteiger charge is 2.42. The van der Waals surface area contributed by atoms with Crippen molar-refractivity contribution in [3.05, 3.63) is 78.4 Å². The molecule has 0 spiro atoms. The summed E-state index contributed by atoms with van der Waals surface area (Å²) in [7, 11) is 0. The fraction of sp³-hybridized carbons (Fsp3) is 0.576. The molecule has 2 fully saturated rings. The summed E-state index contributed by atoms with van der Waals surface area (Å²) in [6, 6.07) is 21.7. The topological polar surface area (TPSA) is 30.9 Å². The summed E-state index contributed by atoms with van der Waals surface area (Å²) in [6.07, 6.45) is 19.4. The van der Waals surface area contributed by atoms with Gasteiger partial charge >= 0.3 is 0 Å².